The Labute approximate surface area is 187 Å². The summed E-state index contributed by atoms with van der Waals surface area (Å²) in [4.78, 5) is 36.7. The lowest BCUT2D eigenvalue weighted by molar-refractivity contribution is -0.169. The van der Waals surface area contributed by atoms with Crippen LogP contribution in [0.1, 0.15) is 77.6 Å². The van der Waals surface area contributed by atoms with Crippen LogP contribution in [0.4, 0.5) is 0 Å². The maximum atomic E-state index is 12.8. The Kier molecular flexibility index (Phi) is 12.9. The van der Waals surface area contributed by atoms with Crippen LogP contribution >= 0.6 is 0 Å². The number of carbonyl (C=O) groups is 3. The molecule has 3 unspecified atom stereocenters. The minimum absolute atomic E-state index is 0.148. The predicted octanol–water partition coefficient (Wildman–Crippen LogP) is 5.16. The highest BCUT2D eigenvalue weighted by Gasteiger charge is 2.53. The topological polar surface area (TPSA) is 78.9 Å². The van der Waals surface area contributed by atoms with Gasteiger partial charge in [-0.15, -0.1) is 0 Å². The number of carbonyl (C=O) groups excluding carboxylic acids is 3. The van der Waals surface area contributed by atoms with E-state index in [1.807, 2.05) is 18.2 Å². The lowest BCUT2D eigenvalue weighted by Gasteiger charge is -2.41. The van der Waals surface area contributed by atoms with Crippen molar-refractivity contribution in [2.45, 2.75) is 77.6 Å². The first kappa shape index (κ1) is 26.9. The molecule has 0 radical (unpaired) electrons. The van der Waals surface area contributed by atoms with Gasteiger partial charge in [0.05, 0.1) is 32.7 Å². The number of rotatable bonds is 14. The molecule has 3 atom stereocenters. The molecule has 1 aliphatic rings. The van der Waals surface area contributed by atoms with Gasteiger partial charge in [0.1, 0.15) is 0 Å². The molecular weight excluding hydrogens is 396 g/mol. The van der Waals surface area contributed by atoms with Gasteiger partial charge in [0.2, 0.25) is 0 Å². The molecule has 0 amide bonds. The van der Waals surface area contributed by atoms with E-state index in [1.165, 1.54) is 21.3 Å². The standard InChI is InChI=1S/C25H40O6/c1-5-6-18-25(24(28)31-4)19-14-16-20(22(25)23(27)30-3)15-12-10-8-7-9-11-13-17-21(26)29-2/h12,14-16,20,22H,5-11,13,17-19H2,1-4H3. The number of allylic oxidation sites excluding steroid dienone is 4. The van der Waals surface area contributed by atoms with Crippen molar-refractivity contribution in [1.29, 1.82) is 0 Å². The van der Waals surface area contributed by atoms with Gasteiger partial charge in [-0.1, -0.05) is 63.3 Å². The Morgan fingerprint density at radius 2 is 1.68 bits per heavy atom. The summed E-state index contributed by atoms with van der Waals surface area (Å²) in [6.45, 7) is 2.07. The first-order valence-corrected chi connectivity index (χ1v) is 11.5. The molecule has 0 N–H and O–H groups in total. The SMILES string of the molecule is CCCCC1(C(=O)OC)CC=CC(C=CCCCCCCCC(=O)OC)C1C(=O)OC. The molecule has 0 saturated carbocycles. The molecule has 1 rings (SSSR count). The highest BCUT2D eigenvalue weighted by Crippen LogP contribution is 2.47. The average molecular weight is 437 g/mol. The minimum atomic E-state index is -0.874. The maximum absolute atomic E-state index is 12.8. The quantitative estimate of drug-likeness (QED) is 0.162. The summed E-state index contributed by atoms with van der Waals surface area (Å²) >= 11 is 0. The monoisotopic (exact) mass is 436 g/mol. The van der Waals surface area contributed by atoms with Crippen molar-refractivity contribution in [3.63, 3.8) is 0 Å². The lowest BCUT2D eigenvalue weighted by atomic mass is 9.62. The zero-order valence-corrected chi connectivity index (χ0v) is 19.7. The second-order valence-corrected chi connectivity index (χ2v) is 8.27. The number of unbranched alkanes of at least 4 members (excludes halogenated alkanes) is 6. The summed E-state index contributed by atoms with van der Waals surface area (Å²) in [7, 11) is 4.18. The molecule has 176 valence electrons. The summed E-state index contributed by atoms with van der Waals surface area (Å²) in [5.41, 5.74) is -0.874. The first-order valence-electron chi connectivity index (χ1n) is 11.5. The van der Waals surface area contributed by atoms with Gasteiger partial charge in [0.25, 0.3) is 0 Å². The van der Waals surface area contributed by atoms with Crippen molar-refractivity contribution in [1.82, 2.24) is 0 Å². The highest BCUT2D eigenvalue weighted by atomic mass is 16.5. The van der Waals surface area contributed by atoms with Crippen molar-refractivity contribution in [3.8, 4) is 0 Å². The van der Waals surface area contributed by atoms with E-state index in [9.17, 15) is 14.4 Å². The maximum Gasteiger partial charge on any atom is 0.313 e. The third kappa shape index (κ3) is 8.15. The molecule has 0 spiro atoms. The van der Waals surface area contributed by atoms with Crippen LogP contribution in [-0.2, 0) is 28.6 Å². The van der Waals surface area contributed by atoms with Gasteiger partial charge < -0.3 is 14.2 Å². The fraction of sp³-hybridized carbons (Fsp3) is 0.720. The number of ether oxygens (including phenoxy) is 3. The Hall–Kier alpha value is -2.11. The van der Waals surface area contributed by atoms with Gasteiger partial charge in [-0.2, -0.15) is 0 Å². The van der Waals surface area contributed by atoms with E-state index in [1.54, 1.807) is 0 Å². The highest BCUT2D eigenvalue weighted by molar-refractivity contribution is 5.86. The fourth-order valence-electron chi connectivity index (χ4n) is 4.41. The van der Waals surface area contributed by atoms with Crippen LogP contribution < -0.4 is 0 Å². The Morgan fingerprint density at radius 1 is 0.968 bits per heavy atom. The van der Waals surface area contributed by atoms with E-state index in [2.05, 4.69) is 17.7 Å². The van der Waals surface area contributed by atoms with Gasteiger partial charge in [-0.3, -0.25) is 14.4 Å². The van der Waals surface area contributed by atoms with Gasteiger partial charge in [0.15, 0.2) is 0 Å². The average Bonchev–Trinajstić information content (AvgIpc) is 2.80. The Balaban J connectivity index is 2.69. The van der Waals surface area contributed by atoms with E-state index in [0.29, 0.717) is 19.3 Å². The lowest BCUT2D eigenvalue weighted by Crippen LogP contribution is -2.48. The molecule has 31 heavy (non-hydrogen) atoms. The van der Waals surface area contributed by atoms with Gasteiger partial charge in [-0.05, 0) is 32.1 Å². The summed E-state index contributed by atoms with van der Waals surface area (Å²) in [5, 5.41) is 0. The molecular formula is C25H40O6. The van der Waals surface area contributed by atoms with Crippen molar-refractivity contribution in [2.24, 2.45) is 17.3 Å². The van der Waals surface area contributed by atoms with Crippen LogP contribution in [0.2, 0.25) is 0 Å². The first-order chi connectivity index (χ1) is 15.0. The van der Waals surface area contributed by atoms with Crippen LogP contribution in [0, 0.1) is 17.3 Å². The van der Waals surface area contributed by atoms with Crippen LogP contribution in [0.25, 0.3) is 0 Å². The smallest absolute Gasteiger partial charge is 0.313 e. The predicted molar refractivity (Wildman–Crippen MR) is 120 cm³/mol. The third-order valence-electron chi connectivity index (χ3n) is 6.18. The van der Waals surface area contributed by atoms with Crippen molar-refractivity contribution in [2.75, 3.05) is 21.3 Å². The van der Waals surface area contributed by atoms with Crippen molar-refractivity contribution < 1.29 is 28.6 Å². The zero-order valence-electron chi connectivity index (χ0n) is 19.7. The second-order valence-electron chi connectivity index (χ2n) is 8.27. The van der Waals surface area contributed by atoms with E-state index < -0.39 is 11.3 Å². The van der Waals surface area contributed by atoms with E-state index >= 15 is 0 Å². The molecule has 0 aromatic carbocycles. The van der Waals surface area contributed by atoms with E-state index in [-0.39, 0.29) is 23.8 Å². The van der Waals surface area contributed by atoms with Crippen LogP contribution in [0.15, 0.2) is 24.3 Å². The molecule has 0 aromatic heterocycles. The van der Waals surface area contributed by atoms with Crippen LogP contribution in [-0.4, -0.2) is 39.2 Å². The number of methoxy groups -OCH3 is 3. The second kappa shape index (κ2) is 14.8. The third-order valence-corrected chi connectivity index (χ3v) is 6.18. The molecule has 6 nitrogen and oxygen atoms in total. The van der Waals surface area contributed by atoms with Gasteiger partial charge in [-0.25, -0.2) is 0 Å². The van der Waals surface area contributed by atoms with E-state index in [4.69, 9.17) is 9.47 Å². The van der Waals surface area contributed by atoms with Crippen LogP contribution in [0.3, 0.4) is 0 Å². The molecule has 0 heterocycles. The van der Waals surface area contributed by atoms with Gasteiger partial charge >= 0.3 is 17.9 Å². The fourth-order valence-corrected chi connectivity index (χ4v) is 4.41. The number of hydrogen-bond acceptors (Lipinski definition) is 6. The number of hydrogen-bond donors (Lipinski definition) is 0. The summed E-state index contributed by atoms with van der Waals surface area (Å²) in [6, 6.07) is 0. The molecule has 0 bridgehead atoms. The number of esters is 3. The molecule has 0 fully saturated rings. The van der Waals surface area contributed by atoms with Crippen molar-refractivity contribution in [3.05, 3.63) is 24.3 Å². The van der Waals surface area contributed by atoms with E-state index in [0.717, 1.165) is 51.4 Å². The molecule has 0 saturated heterocycles. The summed E-state index contributed by atoms with van der Waals surface area (Å²) in [6.07, 6.45) is 17.6. The van der Waals surface area contributed by atoms with Gasteiger partial charge in [0, 0.05) is 12.3 Å². The molecule has 0 aromatic rings. The van der Waals surface area contributed by atoms with Crippen molar-refractivity contribution >= 4 is 17.9 Å². The molecule has 0 aliphatic heterocycles. The normalized spacial score (nSPS) is 23.0. The zero-order chi connectivity index (χ0) is 23.1. The Morgan fingerprint density at radius 3 is 2.32 bits per heavy atom. The van der Waals surface area contributed by atoms with Crippen LogP contribution in [0.5, 0.6) is 0 Å². The summed E-state index contributed by atoms with van der Waals surface area (Å²) in [5.74, 6) is -1.59. The largest absolute Gasteiger partial charge is 0.469 e. The molecule has 6 heteroatoms. The molecule has 1 aliphatic carbocycles. The summed E-state index contributed by atoms with van der Waals surface area (Å²) < 4.78 is 14.9. The minimum Gasteiger partial charge on any atom is -0.469 e. The Bertz CT molecular complexity index is 624.